The first-order valence-corrected chi connectivity index (χ1v) is 12.0. The standard InChI is InChI=1S/C30H18BN3O2/c1-2-11-20(12-3-1)34-28-26(21-13-5-8-16-24(21)35-28)31(27-22-14-6-9-17-25(22)36-29(27)34)30-32-18-19-10-4-7-15-23(19)33-30/h1-18H. The first kappa shape index (κ1) is 19.5. The minimum atomic E-state index is -0.258. The second-order valence-electron chi connectivity index (χ2n) is 9.03. The quantitative estimate of drug-likeness (QED) is 0.321. The van der Waals surface area contributed by atoms with Gasteiger partial charge in [-0.2, -0.15) is 0 Å². The molecule has 0 bridgehead atoms. The molecule has 4 aromatic carbocycles. The Bertz CT molecular complexity index is 1840. The van der Waals surface area contributed by atoms with Gasteiger partial charge in [0.2, 0.25) is 11.8 Å². The molecular formula is C30H18BN3O2. The lowest BCUT2D eigenvalue weighted by Gasteiger charge is -2.29. The lowest BCUT2D eigenvalue weighted by molar-refractivity contribution is 0.585. The minimum Gasteiger partial charge on any atom is -0.440 e. The summed E-state index contributed by atoms with van der Waals surface area (Å²) in [5, 5.41) is 3.11. The minimum absolute atomic E-state index is 0.258. The van der Waals surface area contributed by atoms with E-state index in [0.29, 0.717) is 0 Å². The summed E-state index contributed by atoms with van der Waals surface area (Å²) >= 11 is 0. The number of hydrogen-bond donors (Lipinski definition) is 0. The van der Waals surface area contributed by atoms with Crippen LogP contribution in [0.5, 0.6) is 0 Å². The van der Waals surface area contributed by atoms with Crippen LogP contribution in [0.4, 0.5) is 17.5 Å². The van der Waals surface area contributed by atoms with Crippen LogP contribution in [-0.2, 0) is 0 Å². The molecule has 0 amide bonds. The summed E-state index contributed by atoms with van der Waals surface area (Å²) in [6.07, 6.45) is 1.91. The van der Waals surface area contributed by atoms with Crippen LogP contribution in [0.25, 0.3) is 32.8 Å². The maximum atomic E-state index is 6.56. The van der Waals surface area contributed by atoms with E-state index < -0.39 is 0 Å². The van der Waals surface area contributed by atoms with Gasteiger partial charge in [0.1, 0.15) is 11.2 Å². The molecule has 0 spiro atoms. The average Bonchev–Trinajstić information content (AvgIpc) is 3.51. The van der Waals surface area contributed by atoms with Gasteiger partial charge in [-0.1, -0.05) is 72.8 Å². The van der Waals surface area contributed by atoms with Crippen LogP contribution >= 0.6 is 0 Å². The summed E-state index contributed by atoms with van der Waals surface area (Å²) in [5.74, 6) is 1.46. The first-order chi connectivity index (χ1) is 17.9. The molecule has 0 fully saturated rings. The van der Waals surface area contributed by atoms with E-state index in [1.165, 1.54) is 0 Å². The van der Waals surface area contributed by atoms with E-state index in [0.717, 1.165) is 66.9 Å². The van der Waals surface area contributed by atoms with Gasteiger partial charge in [0.05, 0.1) is 16.9 Å². The zero-order valence-electron chi connectivity index (χ0n) is 19.1. The number of anilines is 3. The maximum Gasteiger partial charge on any atom is 0.304 e. The molecule has 6 heteroatoms. The van der Waals surface area contributed by atoms with E-state index in [1.807, 2.05) is 85.1 Å². The SMILES string of the molecule is c1ccc(N2c3oc4ccccc4c3B(c3ncc4ccccc4n3)c3c2oc2ccccc32)cc1. The smallest absolute Gasteiger partial charge is 0.304 e. The van der Waals surface area contributed by atoms with Crippen LogP contribution < -0.4 is 21.5 Å². The highest BCUT2D eigenvalue weighted by molar-refractivity contribution is 6.99. The van der Waals surface area contributed by atoms with Gasteiger partial charge in [-0.15, -0.1) is 0 Å². The molecule has 0 N–H and O–H groups in total. The van der Waals surface area contributed by atoms with Crippen molar-refractivity contribution < 1.29 is 8.83 Å². The lowest BCUT2D eigenvalue weighted by Crippen LogP contribution is -2.58. The highest BCUT2D eigenvalue weighted by Gasteiger charge is 2.45. The van der Waals surface area contributed by atoms with Crippen LogP contribution in [0.1, 0.15) is 0 Å². The van der Waals surface area contributed by atoms with Crippen molar-refractivity contribution in [3.05, 3.63) is 109 Å². The molecule has 1 aliphatic heterocycles. The van der Waals surface area contributed by atoms with E-state index >= 15 is 0 Å². The average molecular weight is 463 g/mol. The van der Waals surface area contributed by atoms with Crippen molar-refractivity contribution in [2.24, 2.45) is 0 Å². The van der Waals surface area contributed by atoms with Gasteiger partial charge >= 0.3 is 6.71 Å². The molecule has 4 heterocycles. The number of furan rings is 2. The fourth-order valence-electron chi connectivity index (χ4n) is 5.43. The number of aromatic nitrogens is 2. The number of fused-ring (bicyclic) bond motifs is 7. The van der Waals surface area contributed by atoms with Gasteiger partial charge in [0, 0.05) is 33.3 Å². The summed E-state index contributed by atoms with van der Waals surface area (Å²) in [6, 6.07) is 34.6. The van der Waals surface area contributed by atoms with Crippen LogP contribution in [0, 0.1) is 0 Å². The monoisotopic (exact) mass is 463 g/mol. The highest BCUT2D eigenvalue weighted by Crippen LogP contribution is 2.41. The third kappa shape index (κ3) is 2.67. The van der Waals surface area contributed by atoms with E-state index in [1.54, 1.807) is 0 Å². The number of nitrogens with zero attached hydrogens (tertiary/aromatic N) is 3. The summed E-state index contributed by atoms with van der Waals surface area (Å²) in [7, 11) is 0. The molecule has 0 saturated carbocycles. The van der Waals surface area contributed by atoms with Crippen molar-refractivity contribution in [1.29, 1.82) is 0 Å². The molecular weight excluding hydrogens is 445 g/mol. The Morgan fingerprint density at radius 3 is 1.89 bits per heavy atom. The Labute approximate surface area is 206 Å². The van der Waals surface area contributed by atoms with Crippen molar-refractivity contribution in [2.45, 2.75) is 0 Å². The topological polar surface area (TPSA) is 55.3 Å². The molecule has 36 heavy (non-hydrogen) atoms. The summed E-state index contributed by atoms with van der Waals surface area (Å²) in [6.45, 7) is -0.258. The number of para-hydroxylation sites is 4. The van der Waals surface area contributed by atoms with Crippen molar-refractivity contribution in [3.8, 4) is 0 Å². The Morgan fingerprint density at radius 1 is 0.611 bits per heavy atom. The van der Waals surface area contributed by atoms with Crippen molar-refractivity contribution in [2.75, 3.05) is 4.90 Å². The fraction of sp³-hybridized carbons (Fsp3) is 0. The lowest BCUT2D eigenvalue weighted by atomic mass is 9.38. The van der Waals surface area contributed by atoms with E-state index in [9.17, 15) is 0 Å². The second kappa shape index (κ2) is 7.33. The van der Waals surface area contributed by atoms with Crippen LogP contribution in [0.15, 0.2) is 118 Å². The van der Waals surface area contributed by atoms with Gasteiger partial charge in [-0.25, -0.2) is 4.98 Å². The Kier molecular flexibility index (Phi) is 3.96. The predicted molar refractivity (Wildman–Crippen MR) is 145 cm³/mol. The van der Waals surface area contributed by atoms with Crippen LogP contribution in [0.2, 0.25) is 0 Å². The van der Waals surface area contributed by atoms with Gasteiger partial charge in [-0.05, 0) is 30.3 Å². The zero-order valence-corrected chi connectivity index (χ0v) is 19.1. The zero-order chi connectivity index (χ0) is 23.6. The molecule has 0 unspecified atom stereocenters. The molecule has 0 saturated heterocycles. The molecule has 5 nitrogen and oxygen atoms in total. The maximum absolute atomic E-state index is 6.56. The molecule has 7 aromatic rings. The molecule has 0 atom stereocenters. The number of benzene rings is 4. The van der Waals surface area contributed by atoms with Crippen molar-refractivity contribution >= 4 is 73.7 Å². The Hall–Kier alpha value is -4.84. The van der Waals surface area contributed by atoms with Crippen LogP contribution in [-0.4, -0.2) is 16.7 Å². The normalized spacial score (nSPS) is 12.9. The largest absolute Gasteiger partial charge is 0.440 e. The van der Waals surface area contributed by atoms with Crippen molar-refractivity contribution in [1.82, 2.24) is 9.97 Å². The highest BCUT2D eigenvalue weighted by atomic mass is 16.4. The fourth-order valence-corrected chi connectivity index (χ4v) is 5.43. The third-order valence-corrected chi connectivity index (χ3v) is 6.99. The van der Waals surface area contributed by atoms with E-state index in [4.69, 9.17) is 18.8 Å². The van der Waals surface area contributed by atoms with Gasteiger partial charge in [0.25, 0.3) is 0 Å². The van der Waals surface area contributed by atoms with Crippen LogP contribution in [0.3, 0.4) is 0 Å². The van der Waals surface area contributed by atoms with E-state index in [-0.39, 0.29) is 6.71 Å². The summed E-state index contributed by atoms with van der Waals surface area (Å²) in [5.41, 5.74) is 6.34. The molecule has 168 valence electrons. The van der Waals surface area contributed by atoms with E-state index in [2.05, 4.69) is 29.2 Å². The van der Waals surface area contributed by atoms with Gasteiger partial charge < -0.3 is 8.83 Å². The van der Waals surface area contributed by atoms with Gasteiger partial charge in [-0.3, -0.25) is 9.88 Å². The second-order valence-corrected chi connectivity index (χ2v) is 9.03. The summed E-state index contributed by atoms with van der Waals surface area (Å²) < 4.78 is 13.1. The van der Waals surface area contributed by atoms with Gasteiger partial charge in [0.15, 0.2) is 0 Å². The molecule has 0 radical (unpaired) electrons. The molecule has 0 aliphatic carbocycles. The molecule has 1 aliphatic rings. The predicted octanol–water partition coefficient (Wildman–Crippen LogP) is 5.42. The first-order valence-electron chi connectivity index (χ1n) is 12.0. The number of hydrogen-bond acceptors (Lipinski definition) is 5. The third-order valence-electron chi connectivity index (χ3n) is 6.99. The number of rotatable bonds is 2. The molecule has 8 rings (SSSR count). The van der Waals surface area contributed by atoms with Crippen molar-refractivity contribution in [3.63, 3.8) is 0 Å². The Morgan fingerprint density at radius 2 is 1.19 bits per heavy atom. The molecule has 3 aromatic heterocycles. The Balaban J connectivity index is 1.52. The summed E-state index contributed by atoms with van der Waals surface area (Å²) in [4.78, 5) is 12.0.